The van der Waals surface area contributed by atoms with Crippen molar-refractivity contribution in [1.29, 1.82) is 0 Å². The van der Waals surface area contributed by atoms with Crippen LogP contribution in [0.1, 0.15) is 86.6 Å². The number of ketones is 1. The van der Waals surface area contributed by atoms with Gasteiger partial charge in [0.05, 0.1) is 49.5 Å². The molecule has 59 heavy (non-hydrogen) atoms. The summed E-state index contributed by atoms with van der Waals surface area (Å²) in [4.78, 5) is 57.5. The van der Waals surface area contributed by atoms with Crippen molar-refractivity contribution >= 4 is 29.1 Å². The number of carbonyl (C=O) groups is 3. The quantitative estimate of drug-likeness (QED) is 0.222. The number of likely N-dealkylation sites (N-methyl/N-ethyl adjacent to an activating group) is 1. The number of pyridine rings is 1. The van der Waals surface area contributed by atoms with Gasteiger partial charge < -0.3 is 43.6 Å². The van der Waals surface area contributed by atoms with Crippen LogP contribution in [0.3, 0.4) is 0 Å². The van der Waals surface area contributed by atoms with Gasteiger partial charge in [0, 0.05) is 42.8 Å². The van der Waals surface area contributed by atoms with Crippen LogP contribution in [0.2, 0.25) is 0 Å². The second-order valence-electron chi connectivity index (χ2n) is 16.7. The molecule has 2 bridgehead atoms. The molecule has 326 valence electrons. The summed E-state index contributed by atoms with van der Waals surface area (Å²) in [5.41, 5.74) is -1.84. The van der Waals surface area contributed by atoms with Crippen molar-refractivity contribution < 1.29 is 53.1 Å². The standard InChI is InChI=1S/C41H61N7O11/c1-11-32-41(8,53)33-17-30(44-27(6)49)23(2)18-40(7,55-22-29(21-54-33)45-56-20-28-12-13-34(42-19-28)48-15-14-43-46-48)37(25(4)35(50)26(5)38(52)58-32)59-39-36(51)31(47(9)10)16-24(3)57-39/h12-15,19,23-26,31-33,36-37,39,51,53H,11,16-18,20-22H2,1-10H3/b44-30?,45-29-/t23-,24-,25+,26-,31+,32+,33+,36-,37-,39+,40-,41-/m1/s1. The van der Waals surface area contributed by atoms with Crippen LogP contribution in [0.4, 0.5) is 0 Å². The smallest absolute Gasteiger partial charge is 0.316 e. The predicted molar refractivity (Wildman–Crippen MR) is 213 cm³/mol. The maximum atomic E-state index is 14.4. The Morgan fingerprint density at radius 3 is 2.51 bits per heavy atom. The van der Waals surface area contributed by atoms with Crippen molar-refractivity contribution in [3.05, 3.63) is 36.3 Å². The topological polar surface area (TPSA) is 219 Å². The number of nitrogens with zero attached hydrogens (tertiary/aromatic N) is 7. The lowest BCUT2D eigenvalue weighted by Gasteiger charge is -2.47. The molecule has 2 N–H and O–H groups in total. The first-order valence-electron chi connectivity index (χ1n) is 20.3. The number of cyclic esters (lactones) is 1. The summed E-state index contributed by atoms with van der Waals surface area (Å²) >= 11 is 0. The summed E-state index contributed by atoms with van der Waals surface area (Å²) in [7, 11) is 3.72. The monoisotopic (exact) mass is 827 g/mol. The van der Waals surface area contributed by atoms with E-state index in [2.05, 4.69) is 25.4 Å². The molecule has 3 saturated heterocycles. The summed E-state index contributed by atoms with van der Waals surface area (Å²) in [5, 5.41) is 36.1. The number of amides is 1. The van der Waals surface area contributed by atoms with Gasteiger partial charge in [-0.05, 0) is 73.0 Å². The van der Waals surface area contributed by atoms with Gasteiger partial charge in [-0.15, -0.1) is 5.10 Å². The van der Waals surface area contributed by atoms with E-state index in [0.717, 1.165) is 0 Å². The summed E-state index contributed by atoms with van der Waals surface area (Å²) in [6, 6.07) is 3.25. The van der Waals surface area contributed by atoms with E-state index >= 15 is 0 Å². The number of carbonyl (C=O) groups excluding carboxylic acids is 3. The van der Waals surface area contributed by atoms with E-state index in [1.165, 1.54) is 25.5 Å². The van der Waals surface area contributed by atoms with Crippen LogP contribution in [0.15, 0.2) is 40.9 Å². The third-order valence-corrected chi connectivity index (χ3v) is 11.7. The molecule has 1 amide bonds. The predicted octanol–water partition coefficient (Wildman–Crippen LogP) is 2.85. The van der Waals surface area contributed by atoms with Crippen LogP contribution in [-0.2, 0) is 49.5 Å². The maximum absolute atomic E-state index is 14.4. The van der Waals surface area contributed by atoms with E-state index in [1.54, 1.807) is 45.4 Å². The zero-order valence-electron chi connectivity index (χ0n) is 35.8. The number of oxime groups is 1. The molecule has 0 spiro atoms. The molecule has 0 aliphatic carbocycles. The minimum absolute atomic E-state index is 0.0299. The van der Waals surface area contributed by atoms with Gasteiger partial charge in [-0.3, -0.25) is 14.4 Å². The molecule has 5 heterocycles. The lowest BCUT2D eigenvalue weighted by molar-refractivity contribution is -0.296. The van der Waals surface area contributed by atoms with E-state index < -0.39 is 77.3 Å². The van der Waals surface area contributed by atoms with Crippen molar-refractivity contribution in [2.75, 3.05) is 27.3 Å². The molecule has 0 radical (unpaired) electrons. The molecule has 18 nitrogen and oxygen atoms in total. The maximum Gasteiger partial charge on any atom is 0.316 e. The van der Waals surface area contributed by atoms with Crippen LogP contribution < -0.4 is 0 Å². The molecule has 0 aromatic carbocycles. The highest BCUT2D eigenvalue weighted by atomic mass is 16.7. The van der Waals surface area contributed by atoms with Gasteiger partial charge in [-0.2, -0.15) is 0 Å². The zero-order valence-corrected chi connectivity index (χ0v) is 35.8. The number of Topliss-reactive ketones (excluding diaryl/α,β-unsaturated/α-hetero) is 1. The Labute approximate surface area is 345 Å². The van der Waals surface area contributed by atoms with Crippen LogP contribution in [0.25, 0.3) is 5.82 Å². The number of hydrogen-bond donors (Lipinski definition) is 2. The fraction of sp³-hybridized carbons (Fsp3) is 0.707. The van der Waals surface area contributed by atoms with Gasteiger partial charge in [0.25, 0.3) is 0 Å². The molecule has 3 aliphatic rings. The molecule has 5 rings (SSSR count). The highest BCUT2D eigenvalue weighted by Crippen LogP contribution is 2.39. The molecular formula is C41H61N7O11. The largest absolute Gasteiger partial charge is 0.459 e. The van der Waals surface area contributed by atoms with E-state index in [4.69, 9.17) is 28.5 Å². The van der Waals surface area contributed by atoms with E-state index in [9.17, 15) is 24.6 Å². The van der Waals surface area contributed by atoms with Gasteiger partial charge in [-0.1, -0.05) is 37.2 Å². The van der Waals surface area contributed by atoms with Crippen molar-refractivity contribution in [2.24, 2.45) is 27.9 Å². The van der Waals surface area contributed by atoms with Crippen molar-refractivity contribution in [3.8, 4) is 5.82 Å². The van der Waals surface area contributed by atoms with Gasteiger partial charge in [0.1, 0.15) is 36.0 Å². The summed E-state index contributed by atoms with van der Waals surface area (Å²) in [5.74, 6) is -4.03. The van der Waals surface area contributed by atoms with Crippen LogP contribution >= 0.6 is 0 Å². The molecule has 3 aliphatic heterocycles. The lowest BCUT2D eigenvalue weighted by Crippen LogP contribution is -2.59. The first-order chi connectivity index (χ1) is 27.8. The number of aliphatic imine (C=N–C) groups is 1. The third-order valence-electron chi connectivity index (χ3n) is 11.7. The normalized spacial score (nSPS) is 36.8. The third kappa shape index (κ3) is 11.0. The average molecular weight is 828 g/mol. The Morgan fingerprint density at radius 2 is 1.88 bits per heavy atom. The number of hydrogen-bond acceptors (Lipinski definition) is 16. The van der Waals surface area contributed by atoms with E-state index in [-0.39, 0.29) is 56.9 Å². The minimum atomic E-state index is -1.83. The Balaban J connectivity index is 1.60. The molecule has 3 fully saturated rings. The highest BCUT2D eigenvalue weighted by Gasteiger charge is 2.51. The Bertz CT molecular complexity index is 1800. The van der Waals surface area contributed by atoms with E-state index in [0.29, 0.717) is 23.5 Å². The van der Waals surface area contributed by atoms with Crippen molar-refractivity contribution in [3.63, 3.8) is 0 Å². The number of aliphatic hydroxyl groups is 2. The fourth-order valence-electron chi connectivity index (χ4n) is 8.19. The fourth-order valence-corrected chi connectivity index (χ4v) is 8.19. The van der Waals surface area contributed by atoms with Crippen LogP contribution in [-0.4, -0.2) is 146 Å². The second kappa shape index (κ2) is 19.6. The first-order valence-corrected chi connectivity index (χ1v) is 20.3. The lowest BCUT2D eigenvalue weighted by atomic mass is 9.76. The van der Waals surface area contributed by atoms with Gasteiger partial charge in [-0.25, -0.2) is 14.7 Å². The Morgan fingerprint density at radius 1 is 1.14 bits per heavy atom. The van der Waals surface area contributed by atoms with E-state index in [1.807, 2.05) is 38.9 Å². The first kappa shape index (κ1) is 46.0. The highest BCUT2D eigenvalue weighted by molar-refractivity contribution is 6.00. The van der Waals surface area contributed by atoms with Gasteiger partial charge in [0.2, 0.25) is 5.91 Å². The number of aromatic nitrogens is 4. The Hall–Kier alpha value is -4.04. The molecule has 12 atom stereocenters. The molecule has 2 aromatic rings. The zero-order chi connectivity index (χ0) is 43.2. The number of rotatable bonds is 8. The molecule has 0 unspecified atom stereocenters. The SMILES string of the molecule is CC[C@@H]1OC(=O)[C@H](C)C(=O)[C@H](C)[C@@H](O[C@@H]2O[C@H](C)C[C@H](N(C)C)[C@H]2O)[C@@]2(C)C[C@@H](C)C(=NC(C)=O)C[C@H](OC/C(=N/OCc3ccc(-n4ccnn4)nc3)CO2)[C@]1(C)O. The van der Waals surface area contributed by atoms with Crippen LogP contribution in [0, 0.1) is 17.8 Å². The molecule has 18 heteroatoms. The van der Waals surface area contributed by atoms with Crippen molar-refractivity contribution in [1.82, 2.24) is 24.9 Å². The number of aliphatic hydroxyl groups excluding tert-OH is 1. The summed E-state index contributed by atoms with van der Waals surface area (Å²) < 4.78 is 33.7. The molecular weight excluding hydrogens is 766 g/mol. The number of ether oxygens (including phenoxy) is 5. The van der Waals surface area contributed by atoms with Gasteiger partial charge in [0.15, 0.2) is 17.9 Å². The molecule has 2 aromatic heterocycles. The average Bonchev–Trinajstić information content (AvgIpc) is 3.73. The molecule has 0 saturated carbocycles. The van der Waals surface area contributed by atoms with Gasteiger partial charge >= 0.3 is 5.97 Å². The summed E-state index contributed by atoms with van der Waals surface area (Å²) in [6.45, 7) is 12.9. The minimum Gasteiger partial charge on any atom is -0.459 e. The second-order valence-corrected chi connectivity index (χ2v) is 16.7. The number of fused-ring (bicyclic) bond motifs is 5. The number of esters is 1. The Kier molecular flexibility index (Phi) is 15.3. The van der Waals surface area contributed by atoms with Crippen molar-refractivity contribution in [2.45, 2.75) is 142 Å². The van der Waals surface area contributed by atoms with Crippen LogP contribution in [0.5, 0.6) is 0 Å². The summed E-state index contributed by atoms with van der Waals surface area (Å²) in [6.07, 6.45) is -0.262.